The van der Waals surface area contributed by atoms with Crippen LogP contribution >= 0.6 is 27.5 Å². The summed E-state index contributed by atoms with van der Waals surface area (Å²) in [5.74, 6) is 0. The maximum Gasteiger partial charge on any atom is 0.221 e. The van der Waals surface area contributed by atoms with E-state index in [0.717, 1.165) is 6.29 Å². The lowest BCUT2D eigenvalue weighted by molar-refractivity contribution is -0.111. The highest BCUT2D eigenvalue weighted by Crippen LogP contribution is 2.05. The van der Waals surface area contributed by atoms with Gasteiger partial charge in [0.05, 0.1) is 4.83 Å². The summed E-state index contributed by atoms with van der Waals surface area (Å²) >= 11 is 8.03. The molecular weight excluding hydrogens is 207 g/mol. The fourth-order valence-electron chi connectivity index (χ4n) is 0.319. The fraction of sp³-hybridized carbons (Fsp3) is 0.600. The zero-order valence-corrected chi connectivity index (χ0v) is 6.98. The van der Waals surface area contributed by atoms with Gasteiger partial charge in [0.1, 0.15) is 6.29 Å². The number of halogens is 2. The van der Waals surface area contributed by atoms with Crippen molar-refractivity contribution in [2.24, 2.45) is 0 Å². The molecule has 0 saturated heterocycles. The molecule has 0 amide bonds. The van der Waals surface area contributed by atoms with Crippen molar-refractivity contribution in [3.8, 4) is 0 Å². The second-order valence-corrected chi connectivity index (χ2v) is 3.14. The van der Waals surface area contributed by atoms with Gasteiger partial charge in [-0.2, -0.15) is 0 Å². The van der Waals surface area contributed by atoms with Crippen LogP contribution in [0.3, 0.4) is 0 Å². The number of rotatable bonds is 4. The number of alkyl halides is 1. The van der Waals surface area contributed by atoms with Crippen molar-refractivity contribution >= 4 is 39.1 Å². The summed E-state index contributed by atoms with van der Waals surface area (Å²) in [5, 5.41) is -0.402. The molecule has 0 heterocycles. The summed E-state index contributed by atoms with van der Waals surface area (Å²) in [6.07, 6.45) is 1.46. The summed E-state index contributed by atoms with van der Waals surface area (Å²) in [7, 11) is 0. The van der Waals surface area contributed by atoms with E-state index >= 15 is 0 Å². The first-order chi connectivity index (χ1) is 4.16. The van der Waals surface area contributed by atoms with Gasteiger partial charge >= 0.3 is 0 Å². The van der Waals surface area contributed by atoms with Gasteiger partial charge in [-0.15, -0.1) is 0 Å². The van der Waals surface area contributed by atoms with Crippen LogP contribution in [0, 0.1) is 0 Å². The summed E-state index contributed by atoms with van der Waals surface area (Å²) in [5.41, 5.74) is 0. The molecule has 52 valence electrons. The summed E-state index contributed by atoms with van der Waals surface area (Å²) in [6, 6.07) is 0. The van der Waals surface area contributed by atoms with E-state index in [1.165, 1.54) is 0 Å². The van der Waals surface area contributed by atoms with Crippen LogP contribution in [-0.4, -0.2) is 16.4 Å². The smallest absolute Gasteiger partial charge is 0.221 e. The average molecular weight is 213 g/mol. The Morgan fingerprint density at radius 3 is 2.67 bits per heavy atom. The highest BCUT2D eigenvalue weighted by atomic mass is 79.9. The van der Waals surface area contributed by atoms with E-state index in [0.29, 0.717) is 6.42 Å². The van der Waals surface area contributed by atoms with Crippen molar-refractivity contribution in [3.63, 3.8) is 0 Å². The van der Waals surface area contributed by atoms with E-state index in [-0.39, 0.29) is 11.2 Å². The Bertz CT molecular complexity index is 116. The Kier molecular flexibility index (Phi) is 5.00. The first-order valence-electron chi connectivity index (χ1n) is 2.44. The Morgan fingerprint density at radius 2 is 2.33 bits per heavy atom. The molecule has 0 aliphatic carbocycles. The lowest BCUT2D eigenvalue weighted by Crippen LogP contribution is -2.00. The number of carbonyl (C=O) groups is 2. The van der Waals surface area contributed by atoms with Crippen LogP contribution in [0.5, 0.6) is 0 Å². The lowest BCUT2D eigenvalue weighted by Gasteiger charge is -1.94. The molecule has 0 saturated carbocycles. The number of carbonyl (C=O) groups excluding carboxylic acids is 2. The van der Waals surface area contributed by atoms with Crippen LogP contribution in [0.2, 0.25) is 0 Å². The standard InChI is InChI=1S/C5H6BrClO2/c6-4(3-8)1-2-5(7)9/h3-4H,1-2H2. The van der Waals surface area contributed by atoms with Gasteiger partial charge in [-0.1, -0.05) is 15.9 Å². The van der Waals surface area contributed by atoms with Crippen LogP contribution in [-0.2, 0) is 9.59 Å². The van der Waals surface area contributed by atoms with Gasteiger partial charge in [-0.3, -0.25) is 4.79 Å². The van der Waals surface area contributed by atoms with E-state index < -0.39 is 5.24 Å². The first-order valence-corrected chi connectivity index (χ1v) is 3.74. The van der Waals surface area contributed by atoms with Gasteiger partial charge in [0.2, 0.25) is 5.24 Å². The second-order valence-electron chi connectivity index (χ2n) is 1.55. The SMILES string of the molecule is O=CC(Br)CCC(=O)Cl. The van der Waals surface area contributed by atoms with Crippen molar-refractivity contribution in [2.45, 2.75) is 17.7 Å². The van der Waals surface area contributed by atoms with Crippen molar-refractivity contribution in [1.29, 1.82) is 0 Å². The van der Waals surface area contributed by atoms with Crippen LogP contribution in [0.1, 0.15) is 12.8 Å². The van der Waals surface area contributed by atoms with E-state index in [1.807, 2.05) is 0 Å². The van der Waals surface area contributed by atoms with E-state index in [9.17, 15) is 9.59 Å². The molecule has 0 aliphatic rings. The van der Waals surface area contributed by atoms with E-state index in [1.54, 1.807) is 0 Å². The van der Waals surface area contributed by atoms with E-state index in [2.05, 4.69) is 15.9 Å². The summed E-state index contributed by atoms with van der Waals surface area (Å²) in [6.45, 7) is 0. The predicted octanol–water partition coefficient (Wildman–Crippen LogP) is 1.49. The normalized spacial score (nSPS) is 12.7. The molecule has 0 aromatic heterocycles. The largest absolute Gasteiger partial charge is 0.302 e. The molecule has 0 fully saturated rings. The topological polar surface area (TPSA) is 34.1 Å². The minimum atomic E-state index is -0.402. The second kappa shape index (κ2) is 4.94. The Labute approximate surface area is 66.7 Å². The molecule has 2 nitrogen and oxygen atoms in total. The number of hydrogen-bond acceptors (Lipinski definition) is 2. The van der Waals surface area contributed by atoms with Crippen LogP contribution in [0.25, 0.3) is 0 Å². The predicted molar refractivity (Wildman–Crippen MR) is 38.9 cm³/mol. The highest BCUT2D eigenvalue weighted by Gasteiger charge is 2.03. The third-order valence-corrected chi connectivity index (χ3v) is 1.63. The van der Waals surface area contributed by atoms with Gasteiger partial charge in [0.25, 0.3) is 0 Å². The Morgan fingerprint density at radius 1 is 1.78 bits per heavy atom. The molecule has 0 aromatic carbocycles. The van der Waals surface area contributed by atoms with Gasteiger partial charge in [-0.25, -0.2) is 0 Å². The zero-order valence-electron chi connectivity index (χ0n) is 4.64. The molecule has 1 atom stereocenters. The molecular formula is C5H6BrClO2. The van der Waals surface area contributed by atoms with Gasteiger partial charge in [-0.05, 0) is 18.0 Å². The monoisotopic (exact) mass is 212 g/mol. The maximum absolute atomic E-state index is 10.1. The molecule has 9 heavy (non-hydrogen) atoms. The zero-order chi connectivity index (χ0) is 7.28. The maximum atomic E-state index is 10.1. The van der Waals surface area contributed by atoms with Gasteiger partial charge in [0.15, 0.2) is 0 Å². The fourth-order valence-corrected chi connectivity index (χ4v) is 0.657. The number of aldehydes is 1. The van der Waals surface area contributed by atoms with Crippen molar-refractivity contribution < 1.29 is 9.59 Å². The lowest BCUT2D eigenvalue weighted by atomic mass is 10.3. The first kappa shape index (κ1) is 9.11. The molecule has 0 bridgehead atoms. The van der Waals surface area contributed by atoms with Gasteiger partial charge < -0.3 is 4.79 Å². The Hall–Kier alpha value is 0.110. The summed E-state index contributed by atoms with van der Waals surface area (Å²) < 4.78 is 0. The molecule has 1 unspecified atom stereocenters. The minimum Gasteiger partial charge on any atom is -0.302 e. The van der Waals surface area contributed by atoms with Crippen LogP contribution in [0.4, 0.5) is 0 Å². The van der Waals surface area contributed by atoms with Gasteiger partial charge in [0, 0.05) is 6.42 Å². The molecule has 0 spiro atoms. The third-order valence-electron chi connectivity index (χ3n) is 0.764. The minimum absolute atomic E-state index is 0.236. The molecule has 0 N–H and O–H groups in total. The van der Waals surface area contributed by atoms with Crippen molar-refractivity contribution in [3.05, 3.63) is 0 Å². The molecule has 0 rings (SSSR count). The molecule has 0 radical (unpaired) electrons. The molecule has 4 heteroatoms. The number of hydrogen-bond donors (Lipinski definition) is 0. The van der Waals surface area contributed by atoms with Crippen molar-refractivity contribution in [1.82, 2.24) is 0 Å². The summed E-state index contributed by atoms with van der Waals surface area (Å²) in [4.78, 5) is 19.8. The molecule has 0 aromatic rings. The highest BCUT2D eigenvalue weighted by molar-refractivity contribution is 9.09. The quantitative estimate of drug-likeness (QED) is 0.403. The van der Waals surface area contributed by atoms with Crippen LogP contribution in [0.15, 0.2) is 0 Å². The van der Waals surface area contributed by atoms with Crippen LogP contribution < -0.4 is 0 Å². The van der Waals surface area contributed by atoms with E-state index in [4.69, 9.17) is 11.6 Å². The average Bonchev–Trinajstić information content (AvgIpc) is 1.83. The Balaban J connectivity index is 3.26. The third kappa shape index (κ3) is 5.99. The van der Waals surface area contributed by atoms with Crippen molar-refractivity contribution in [2.75, 3.05) is 0 Å². The molecule has 0 aliphatic heterocycles.